The lowest BCUT2D eigenvalue weighted by molar-refractivity contribution is -0.123. The van der Waals surface area contributed by atoms with Gasteiger partial charge in [-0.15, -0.1) is 0 Å². The van der Waals surface area contributed by atoms with Crippen LogP contribution in [0.4, 0.5) is 11.4 Å². The number of anilines is 2. The molecule has 2 aliphatic rings. The molecular formula is C14H17BrN2O2. The van der Waals surface area contributed by atoms with E-state index in [0.29, 0.717) is 5.56 Å². The molecule has 1 fully saturated rings. The quantitative estimate of drug-likeness (QED) is 0.879. The minimum Gasteiger partial charge on any atom is -0.378 e. The first-order chi connectivity index (χ1) is 9.10. The second-order valence-corrected chi connectivity index (χ2v) is 6.15. The number of rotatable bonds is 2. The Morgan fingerprint density at radius 3 is 3.00 bits per heavy atom. The number of hydrogen-bond acceptors (Lipinski definition) is 3. The van der Waals surface area contributed by atoms with Crippen LogP contribution in [0, 0.1) is 5.92 Å². The van der Waals surface area contributed by atoms with Gasteiger partial charge < -0.3 is 15.3 Å². The van der Waals surface area contributed by atoms with Crippen molar-refractivity contribution in [2.24, 2.45) is 5.92 Å². The van der Waals surface area contributed by atoms with Crippen molar-refractivity contribution in [1.29, 1.82) is 0 Å². The van der Waals surface area contributed by atoms with Crippen molar-refractivity contribution in [3.05, 3.63) is 22.2 Å². The van der Waals surface area contributed by atoms with Gasteiger partial charge in [-0.3, -0.25) is 4.79 Å². The Hall–Kier alpha value is -1.07. The molecule has 0 aromatic heterocycles. The highest BCUT2D eigenvalue weighted by molar-refractivity contribution is 9.10. The maximum absolute atomic E-state index is 11.5. The number of nitrogens with zero attached hydrogens (tertiary/aromatic N) is 1. The lowest BCUT2D eigenvalue weighted by Gasteiger charge is -2.21. The Kier molecular flexibility index (Phi) is 3.27. The summed E-state index contributed by atoms with van der Waals surface area (Å²) in [5, 5.41) is 12.5. The number of benzene rings is 1. The lowest BCUT2D eigenvalue weighted by Crippen LogP contribution is -2.20. The molecule has 1 amide bonds. The molecular weight excluding hydrogens is 308 g/mol. The molecule has 0 spiro atoms. The van der Waals surface area contributed by atoms with Crippen molar-refractivity contribution in [2.45, 2.75) is 25.9 Å². The molecule has 1 aromatic carbocycles. The average Bonchev–Trinajstić information content (AvgIpc) is 2.96. The number of halogens is 1. The number of hydrogen-bond donors (Lipinski definition) is 2. The normalized spacial score (nSPS) is 25.6. The zero-order valence-corrected chi connectivity index (χ0v) is 12.4. The number of aliphatic hydroxyl groups is 1. The van der Waals surface area contributed by atoms with Gasteiger partial charge >= 0.3 is 0 Å². The fourth-order valence-corrected chi connectivity index (χ4v) is 3.49. The van der Waals surface area contributed by atoms with Crippen LogP contribution in [0.2, 0.25) is 0 Å². The van der Waals surface area contributed by atoms with E-state index in [-0.39, 0.29) is 5.91 Å². The van der Waals surface area contributed by atoms with Crippen LogP contribution in [0.5, 0.6) is 0 Å². The first-order valence-electron chi connectivity index (χ1n) is 6.67. The Morgan fingerprint density at radius 2 is 2.32 bits per heavy atom. The van der Waals surface area contributed by atoms with Crippen molar-refractivity contribution in [2.75, 3.05) is 23.3 Å². The molecule has 2 unspecified atom stereocenters. The monoisotopic (exact) mass is 324 g/mol. The molecule has 1 aromatic rings. The fourth-order valence-electron chi connectivity index (χ4n) is 2.88. The molecule has 0 bridgehead atoms. The van der Waals surface area contributed by atoms with E-state index in [4.69, 9.17) is 0 Å². The number of aliphatic hydroxyl groups excluding tert-OH is 1. The zero-order valence-electron chi connectivity index (χ0n) is 10.8. The van der Waals surface area contributed by atoms with Gasteiger partial charge in [0.2, 0.25) is 0 Å². The van der Waals surface area contributed by atoms with E-state index in [1.807, 2.05) is 12.1 Å². The van der Waals surface area contributed by atoms with Gasteiger partial charge in [0.05, 0.1) is 5.69 Å². The molecule has 5 heteroatoms. The summed E-state index contributed by atoms with van der Waals surface area (Å²) in [6.45, 7) is 4.33. The Balaban J connectivity index is 1.92. The van der Waals surface area contributed by atoms with Gasteiger partial charge in [-0.05, 0) is 40.4 Å². The number of carbonyl (C=O) groups excluding carboxylic acids is 1. The average molecular weight is 325 g/mol. The third-order valence-corrected chi connectivity index (χ3v) is 4.76. The smallest absolute Gasteiger partial charge is 0.257 e. The second-order valence-electron chi connectivity index (χ2n) is 5.29. The SMILES string of the molecule is CCC1CCN(c2cc3c(cc2Br)C(O)C(=O)N3)C1. The molecule has 2 atom stereocenters. The van der Waals surface area contributed by atoms with Crippen LogP contribution in [0.15, 0.2) is 16.6 Å². The van der Waals surface area contributed by atoms with Crippen molar-refractivity contribution in [3.63, 3.8) is 0 Å². The van der Waals surface area contributed by atoms with Gasteiger partial charge in [-0.1, -0.05) is 13.3 Å². The first-order valence-corrected chi connectivity index (χ1v) is 7.46. The van der Waals surface area contributed by atoms with Crippen molar-refractivity contribution < 1.29 is 9.90 Å². The molecule has 4 nitrogen and oxygen atoms in total. The third kappa shape index (κ3) is 2.15. The summed E-state index contributed by atoms with van der Waals surface area (Å²) in [5.41, 5.74) is 2.49. The van der Waals surface area contributed by atoms with Crippen LogP contribution >= 0.6 is 15.9 Å². The molecule has 3 rings (SSSR count). The maximum Gasteiger partial charge on any atom is 0.257 e. The summed E-state index contributed by atoms with van der Waals surface area (Å²) in [7, 11) is 0. The summed E-state index contributed by atoms with van der Waals surface area (Å²) in [6, 6.07) is 3.82. The summed E-state index contributed by atoms with van der Waals surface area (Å²) in [4.78, 5) is 13.8. The molecule has 0 saturated carbocycles. The Labute approximate surface area is 120 Å². The van der Waals surface area contributed by atoms with Gasteiger partial charge in [-0.25, -0.2) is 0 Å². The van der Waals surface area contributed by atoms with E-state index in [1.54, 1.807) is 0 Å². The molecule has 19 heavy (non-hydrogen) atoms. The molecule has 2 N–H and O–H groups in total. The largest absolute Gasteiger partial charge is 0.378 e. The number of amides is 1. The fraction of sp³-hybridized carbons (Fsp3) is 0.500. The summed E-state index contributed by atoms with van der Waals surface area (Å²) < 4.78 is 0.943. The second kappa shape index (κ2) is 4.80. The minimum atomic E-state index is -1.04. The molecule has 102 valence electrons. The van der Waals surface area contributed by atoms with Crippen molar-refractivity contribution >= 4 is 33.2 Å². The van der Waals surface area contributed by atoms with Gasteiger partial charge in [0.25, 0.3) is 5.91 Å². The number of carbonyl (C=O) groups is 1. The van der Waals surface area contributed by atoms with Crippen LogP contribution in [0.25, 0.3) is 0 Å². The van der Waals surface area contributed by atoms with Gasteiger partial charge in [0.15, 0.2) is 6.10 Å². The molecule has 0 radical (unpaired) electrons. The van der Waals surface area contributed by atoms with Crippen LogP contribution in [-0.2, 0) is 4.79 Å². The van der Waals surface area contributed by atoms with E-state index >= 15 is 0 Å². The third-order valence-electron chi connectivity index (χ3n) is 4.12. The van der Waals surface area contributed by atoms with Crippen LogP contribution < -0.4 is 10.2 Å². The summed E-state index contributed by atoms with van der Waals surface area (Å²) >= 11 is 3.56. The standard InChI is InChI=1S/C14H17BrN2O2/c1-2-8-3-4-17(7-8)12-6-11-9(5-10(12)15)13(18)14(19)16-11/h5-6,8,13,18H,2-4,7H2,1H3,(H,16,19). The van der Waals surface area contributed by atoms with Crippen LogP contribution in [-0.4, -0.2) is 24.1 Å². The van der Waals surface area contributed by atoms with Crippen molar-refractivity contribution in [1.82, 2.24) is 0 Å². The summed E-state index contributed by atoms with van der Waals surface area (Å²) in [5.74, 6) is 0.409. The summed E-state index contributed by atoms with van der Waals surface area (Å²) in [6.07, 6.45) is 1.38. The molecule has 0 aliphatic carbocycles. The zero-order chi connectivity index (χ0) is 13.6. The topological polar surface area (TPSA) is 52.6 Å². The van der Waals surface area contributed by atoms with E-state index < -0.39 is 6.10 Å². The maximum atomic E-state index is 11.5. The predicted molar refractivity (Wildman–Crippen MR) is 78.3 cm³/mol. The van der Waals surface area contributed by atoms with Crippen LogP contribution in [0.3, 0.4) is 0 Å². The number of fused-ring (bicyclic) bond motifs is 1. The Bertz CT molecular complexity index is 532. The number of nitrogens with one attached hydrogen (secondary N) is 1. The van der Waals surface area contributed by atoms with Gasteiger partial charge in [-0.2, -0.15) is 0 Å². The Morgan fingerprint density at radius 1 is 1.53 bits per heavy atom. The van der Waals surface area contributed by atoms with Gasteiger partial charge in [0, 0.05) is 28.8 Å². The van der Waals surface area contributed by atoms with Crippen LogP contribution in [0.1, 0.15) is 31.4 Å². The van der Waals surface area contributed by atoms with Gasteiger partial charge in [0.1, 0.15) is 0 Å². The van der Waals surface area contributed by atoms with E-state index in [9.17, 15) is 9.90 Å². The molecule has 2 heterocycles. The highest BCUT2D eigenvalue weighted by atomic mass is 79.9. The lowest BCUT2D eigenvalue weighted by atomic mass is 10.1. The highest BCUT2D eigenvalue weighted by Gasteiger charge is 2.31. The van der Waals surface area contributed by atoms with E-state index in [0.717, 1.165) is 34.9 Å². The molecule has 1 saturated heterocycles. The van der Waals surface area contributed by atoms with E-state index in [1.165, 1.54) is 12.8 Å². The minimum absolute atomic E-state index is 0.341. The molecule has 2 aliphatic heterocycles. The van der Waals surface area contributed by atoms with Crippen molar-refractivity contribution in [3.8, 4) is 0 Å². The predicted octanol–water partition coefficient (Wildman–Crippen LogP) is 2.67. The highest BCUT2D eigenvalue weighted by Crippen LogP contribution is 2.40. The van der Waals surface area contributed by atoms with E-state index in [2.05, 4.69) is 33.1 Å². The first kappa shape index (κ1) is 12.9.